The summed E-state index contributed by atoms with van der Waals surface area (Å²) in [5.41, 5.74) is 7.20. The van der Waals surface area contributed by atoms with Crippen molar-refractivity contribution in [2.24, 2.45) is 0 Å². The maximum atomic E-state index is 12.5. The summed E-state index contributed by atoms with van der Waals surface area (Å²) in [5, 5.41) is 0.545. The molecule has 3 rings (SSSR count). The average Bonchev–Trinajstić information content (AvgIpc) is 2.70. The summed E-state index contributed by atoms with van der Waals surface area (Å²) in [5.74, 6) is -0.333. The number of nitrogens with two attached hydrogens (primary N) is 1. The van der Waals surface area contributed by atoms with Gasteiger partial charge in [-0.15, -0.1) is 0 Å². The van der Waals surface area contributed by atoms with E-state index in [1.165, 1.54) is 11.3 Å². The topological polar surface area (TPSA) is 63.4 Å². The molecule has 0 spiro atoms. The fourth-order valence-corrected chi connectivity index (χ4v) is 3.99. The first-order chi connectivity index (χ1) is 9.61. The van der Waals surface area contributed by atoms with Gasteiger partial charge in [-0.25, -0.2) is 0 Å². The lowest BCUT2D eigenvalue weighted by molar-refractivity contribution is 0.0551. The van der Waals surface area contributed by atoms with E-state index in [1.54, 1.807) is 18.2 Å². The summed E-state index contributed by atoms with van der Waals surface area (Å²) >= 11 is 1.83. The maximum Gasteiger partial charge on any atom is 0.261 e. The van der Waals surface area contributed by atoms with Crippen LogP contribution in [-0.2, 0) is 0 Å². The van der Waals surface area contributed by atoms with Crippen molar-refractivity contribution in [3.05, 3.63) is 29.3 Å². The number of carbonyl (C=O) groups excluding carboxylic acids is 2. The molecule has 1 fully saturated rings. The van der Waals surface area contributed by atoms with Gasteiger partial charge in [0.2, 0.25) is 0 Å². The highest BCUT2D eigenvalue weighted by Crippen LogP contribution is 2.34. The first-order valence-corrected chi connectivity index (χ1v) is 8.21. The highest BCUT2D eigenvalue weighted by molar-refractivity contribution is 7.99. The number of hydrogen-bond donors (Lipinski definition) is 1. The molecule has 2 aliphatic rings. The minimum atomic E-state index is -0.177. The van der Waals surface area contributed by atoms with Crippen molar-refractivity contribution in [2.75, 3.05) is 12.0 Å². The van der Waals surface area contributed by atoms with Crippen LogP contribution >= 0.6 is 11.8 Å². The van der Waals surface area contributed by atoms with Gasteiger partial charge in [0.25, 0.3) is 11.8 Å². The second-order valence-corrected chi connectivity index (χ2v) is 6.60. The van der Waals surface area contributed by atoms with E-state index < -0.39 is 0 Å². The Morgan fingerprint density at radius 1 is 1.20 bits per heavy atom. The Balaban J connectivity index is 1.89. The van der Waals surface area contributed by atoms with Gasteiger partial charge in [-0.1, -0.05) is 6.42 Å². The number of fused-ring (bicyclic) bond motifs is 1. The van der Waals surface area contributed by atoms with E-state index in [-0.39, 0.29) is 17.9 Å². The van der Waals surface area contributed by atoms with Gasteiger partial charge in [0.05, 0.1) is 11.1 Å². The third kappa shape index (κ3) is 2.10. The molecule has 0 saturated heterocycles. The quantitative estimate of drug-likeness (QED) is 0.671. The van der Waals surface area contributed by atoms with Gasteiger partial charge in [-0.05, 0) is 43.7 Å². The minimum Gasteiger partial charge on any atom is -0.399 e. The van der Waals surface area contributed by atoms with E-state index in [0.29, 0.717) is 22.1 Å². The van der Waals surface area contributed by atoms with Crippen LogP contribution in [0.1, 0.15) is 46.4 Å². The number of nitrogens with zero attached hydrogens (tertiary/aromatic N) is 1. The molecule has 1 aliphatic carbocycles. The molecule has 2 N–H and O–H groups in total. The van der Waals surface area contributed by atoms with Crippen LogP contribution in [0, 0.1) is 0 Å². The molecule has 2 amide bonds. The molecule has 1 aromatic carbocycles. The lowest BCUT2D eigenvalue weighted by atomic mass is 9.93. The third-order valence-corrected chi connectivity index (χ3v) is 5.33. The Labute approximate surface area is 122 Å². The molecule has 2 atom stereocenters. The van der Waals surface area contributed by atoms with E-state index in [4.69, 9.17) is 5.73 Å². The van der Waals surface area contributed by atoms with Crippen LogP contribution in [0.3, 0.4) is 0 Å². The van der Waals surface area contributed by atoms with Crippen LogP contribution in [0.15, 0.2) is 18.2 Å². The van der Waals surface area contributed by atoms with Crippen molar-refractivity contribution in [2.45, 2.75) is 37.0 Å². The van der Waals surface area contributed by atoms with E-state index in [2.05, 4.69) is 6.26 Å². The van der Waals surface area contributed by atoms with Crippen molar-refractivity contribution in [3.63, 3.8) is 0 Å². The standard InChI is InChI=1S/C15H18N2O2S/c1-20-11-4-2-3-10(8-11)17-14(18)12-6-5-9(16)7-13(12)15(17)19/h5-7,10-11H,2-4,8,16H2,1H3. The van der Waals surface area contributed by atoms with Gasteiger partial charge in [-0.2, -0.15) is 11.8 Å². The van der Waals surface area contributed by atoms with Crippen LogP contribution in [0.4, 0.5) is 5.69 Å². The summed E-state index contributed by atoms with van der Waals surface area (Å²) in [6.07, 6.45) is 6.16. The number of rotatable bonds is 2. The maximum absolute atomic E-state index is 12.5. The van der Waals surface area contributed by atoms with Crippen molar-refractivity contribution in [1.29, 1.82) is 0 Å². The monoisotopic (exact) mass is 290 g/mol. The van der Waals surface area contributed by atoms with Crippen molar-refractivity contribution >= 4 is 29.3 Å². The number of hydrogen-bond acceptors (Lipinski definition) is 4. The van der Waals surface area contributed by atoms with Crippen molar-refractivity contribution in [1.82, 2.24) is 4.90 Å². The molecule has 2 unspecified atom stereocenters. The smallest absolute Gasteiger partial charge is 0.261 e. The molecule has 1 aliphatic heterocycles. The third-order valence-electron chi connectivity index (χ3n) is 4.24. The number of carbonyl (C=O) groups is 2. The fourth-order valence-electron chi connectivity index (χ4n) is 3.18. The summed E-state index contributed by atoms with van der Waals surface area (Å²) in [6.45, 7) is 0. The Kier molecular flexibility index (Phi) is 3.46. The van der Waals surface area contributed by atoms with E-state index in [9.17, 15) is 9.59 Å². The molecular weight excluding hydrogens is 272 g/mol. The van der Waals surface area contributed by atoms with Gasteiger partial charge in [0.15, 0.2) is 0 Å². The number of nitrogen functional groups attached to an aromatic ring is 1. The Bertz CT molecular complexity index is 573. The number of amides is 2. The highest BCUT2D eigenvalue weighted by atomic mass is 32.2. The van der Waals surface area contributed by atoms with Crippen molar-refractivity contribution in [3.8, 4) is 0 Å². The molecule has 1 heterocycles. The number of imide groups is 1. The normalized spacial score (nSPS) is 25.9. The largest absolute Gasteiger partial charge is 0.399 e. The average molecular weight is 290 g/mol. The molecule has 20 heavy (non-hydrogen) atoms. The SMILES string of the molecule is CSC1CCCC(N2C(=O)c3ccc(N)cc3C2=O)C1. The van der Waals surface area contributed by atoms with E-state index in [0.717, 1.165) is 19.3 Å². The number of benzene rings is 1. The lowest BCUT2D eigenvalue weighted by Crippen LogP contribution is -2.43. The lowest BCUT2D eigenvalue weighted by Gasteiger charge is -2.33. The molecule has 0 aromatic heterocycles. The fraction of sp³-hybridized carbons (Fsp3) is 0.467. The summed E-state index contributed by atoms with van der Waals surface area (Å²) < 4.78 is 0. The molecule has 0 bridgehead atoms. The molecule has 4 nitrogen and oxygen atoms in total. The summed E-state index contributed by atoms with van der Waals surface area (Å²) in [7, 11) is 0. The molecule has 0 radical (unpaired) electrons. The minimum absolute atomic E-state index is 0.0369. The van der Waals surface area contributed by atoms with Crippen LogP contribution < -0.4 is 5.73 Å². The number of thioether (sulfide) groups is 1. The molecular formula is C15H18N2O2S. The van der Waals surface area contributed by atoms with Crippen LogP contribution in [0.2, 0.25) is 0 Å². The van der Waals surface area contributed by atoms with Crippen molar-refractivity contribution < 1.29 is 9.59 Å². The summed E-state index contributed by atoms with van der Waals surface area (Å²) in [4.78, 5) is 26.4. The van der Waals surface area contributed by atoms with Crippen LogP contribution in [0.25, 0.3) is 0 Å². The predicted octanol–water partition coefficient (Wildman–Crippen LogP) is 2.54. The van der Waals surface area contributed by atoms with E-state index in [1.807, 2.05) is 11.8 Å². The van der Waals surface area contributed by atoms with Gasteiger partial charge in [0.1, 0.15) is 0 Å². The molecule has 5 heteroatoms. The second-order valence-electron chi connectivity index (χ2n) is 5.46. The summed E-state index contributed by atoms with van der Waals surface area (Å²) in [6, 6.07) is 5.00. The zero-order chi connectivity index (χ0) is 14.3. The van der Waals surface area contributed by atoms with Crippen LogP contribution in [0.5, 0.6) is 0 Å². The van der Waals surface area contributed by atoms with Gasteiger partial charge in [0, 0.05) is 17.0 Å². The Morgan fingerprint density at radius 2 is 1.95 bits per heavy atom. The van der Waals surface area contributed by atoms with Crippen LogP contribution in [-0.4, -0.2) is 34.3 Å². The van der Waals surface area contributed by atoms with Gasteiger partial charge >= 0.3 is 0 Å². The van der Waals surface area contributed by atoms with Gasteiger partial charge in [-0.3, -0.25) is 14.5 Å². The zero-order valence-electron chi connectivity index (χ0n) is 11.5. The molecule has 106 valence electrons. The second kappa shape index (κ2) is 5.13. The predicted molar refractivity (Wildman–Crippen MR) is 80.9 cm³/mol. The van der Waals surface area contributed by atoms with Gasteiger partial charge < -0.3 is 5.73 Å². The molecule has 1 aromatic rings. The Morgan fingerprint density at radius 3 is 2.70 bits per heavy atom. The number of anilines is 1. The first-order valence-electron chi connectivity index (χ1n) is 6.92. The van der Waals surface area contributed by atoms with E-state index >= 15 is 0 Å². The first kappa shape index (κ1) is 13.5. The zero-order valence-corrected chi connectivity index (χ0v) is 12.3. The highest BCUT2D eigenvalue weighted by Gasteiger charge is 2.41. The molecule has 1 saturated carbocycles. The Hall–Kier alpha value is -1.49.